The number of halogens is 1. The highest BCUT2D eigenvalue weighted by atomic mass is 35.5. The van der Waals surface area contributed by atoms with Crippen LogP contribution in [0.4, 0.5) is 5.69 Å². The lowest BCUT2D eigenvalue weighted by Gasteiger charge is -2.25. The minimum atomic E-state index is -0.133. The highest BCUT2D eigenvalue weighted by Gasteiger charge is 2.20. The molecule has 2 N–H and O–H groups in total. The lowest BCUT2D eigenvalue weighted by Crippen LogP contribution is -2.32. The van der Waals surface area contributed by atoms with Gasteiger partial charge in [-0.2, -0.15) is 5.10 Å². The highest BCUT2D eigenvalue weighted by Crippen LogP contribution is 2.27. The molecule has 0 amide bonds. The number of anilines is 1. The van der Waals surface area contributed by atoms with Gasteiger partial charge < -0.3 is 15.4 Å². The first kappa shape index (κ1) is 16.3. The third kappa shape index (κ3) is 4.69. The summed E-state index contributed by atoms with van der Waals surface area (Å²) in [6, 6.07) is 0. The average Bonchev–Trinajstić information content (AvgIpc) is 2.43. The number of methoxy groups -OCH3 is 1. The summed E-state index contributed by atoms with van der Waals surface area (Å²) in [4.78, 5) is 12.3. The summed E-state index contributed by atoms with van der Waals surface area (Å²) in [6.07, 6.45) is 5.17. The van der Waals surface area contributed by atoms with Crippen LogP contribution in [0.3, 0.4) is 0 Å². The van der Waals surface area contributed by atoms with Crippen LogP contribution in [0.25, 0.3) is 0 Å². The zero-order chi connectivity index (χ0) is 15.1. The van der Waals surface area contributed by atoms with Crippen molar-refractivity contribution in [3.63, 3.8) is 0 Å². The summed E-state index contributed by atoms with van der Waals surface area (Å²) in [5.41, 5.74) is 0.311. The Morgan fingerprint density at radius 1 is 1.43 bits per heavy atom. The fourth-order valence-corrected chi connectivity index (χ4v) is 2.45. The molecule has 0 bridgehead atoms. The van der Waals surface area contributed by atoms with E-state index < -0.39 is 0 Å². The molecule has 1 saturated carbocycles. The Bertz CT molecular complexity index is 502. The van der Waals surface area contributed by atoms with Crippen molar-refractivity contribution in [3.8, 4) is 0 Å². The van der Waals surface area contributed by atoms with Crippen LogP contribution in [0.1, 0.15) is 19.3 Å². The maximum Gasteiger partial charge on any atom is 0.291 e. The molecule has 21 heavy (non-hydrogen) atoms. The third-order valence-electron chi connectivity index (χ3n) is 3.74. The van der Waals surface area contributed by atoms with E-state index in [4.69, 9.17) is 16.3 Å². The van der Waals surface area contributed by atoms with Gasteiger partial charge in [0, 0.05) is 33.3 Å². The third-order valence-corrected chi connectivity index (χ3v) is 4.03. The Hall–Kier alpha value is -1.11. The van der Waals surface area contributed by atoms with Crippen LogP contribution < -0.4 is 16.2 Å². The zero-order valence-corrected chi connectivity index (χ0v) is 13.2. The summed E-state index contributed by atoms with van der Waals surface area (Å²) in [5, 5.41) is 10.8. The van der Waals surface area contributed by atoms with Crippen molar-refractivity contribution in [2.24, 2.45) is 5.92 Å². The molecule has 0 atom stereocenters. The molecule has 1 aliphatic rings. The Morgan fingerprint density at radius 2 is 2.24 bits per heavy atom. The van der Waals surface area contributed by atoms with Crippen LogP contribution >= 0.6 is 11.6 Å². The largest absolute Gasteiger partial charge is 0.383 e. The summed E-state index contributed by atoms with van der Waals surface area (Å²) < 4.78 is 6.47. The molecule has 0 saturated heterocycles. The molecule has 6 nitrogen and oxygen atoms in total. The van der Waals surface area contributed by atoms with Crippen LogP contribution in [0.15, 0.2) is 11.0 Å². The second-order valence-electron chi connectivity index (χ2n) is 5.32. The minimum Gasteiger partial charge on any atom is -0.383 e. The molecule has 0 unspecified atom stereocenters. The first-order valence-electron chi connectivity index (χ1n) is 7.41. The normalized spacial score (nSPS) is 15.0. The number of hydrogen-bond acceptors (Lipinski definition) is 5. The number of rotatable bonds is 9. The monoisotopic (exact) mass is 314 g/mol. The van der Waals surface area contributed by atoms with Crippen molar-refractivity contribution in [2.75, 3.05) is 38.7 Å². The fraction of sp³-hybridized carbons (Fsp3) is 0.714. The lowest BCUT2D eigenvalue weighted by atomic mass is 9.85. The molecule has 1 aromatic rings. The standard InChI is InChI=1S/C14H23ClN4O2/c1-21-8-7-16-5-6-17-13-12(15)9-18-19(14(13)20)10-11-3-2-4-11/h9,11,16-17H,2-8,10H2,1H3. The second kappa shape index (κ2) is 8.36. The molecule has 7 heteroatoms. The van der Waals surface area contributed by atoms with Gasteiger partial charge in [0.25, 0.3) is 5.56 Å². The number of nitrogens with one attached hydrogen (secondary N) is 2. The summed E-state index contributed by atoms with van der Waals surface area (Å²) in [6.45, 7) is 3.52. The van der Waals surface area contributed by atoms with Crippen molar-refractivity contribution in [2.45, 2.75) is 25.8 Å². The van der Waals surface area contributed by atoms with Gasteiger partial charge in [-0.1, -0.05) is 18.0 Å². The quantitative estimate of drug-likeness (QED) is 0.673. The Labute approximate surface area is 129 Å². The van der Waals surface area contributed by atoms with E-state index in [9.17, 15) is 4.79 Å². The van der Waals surface area contributed by atoms with Gasteiger partial charge in [-0.05, 0) is 18.8 Å². The first-order chi connectivity index (χ1) is 10.2. The molecule has 1 aliphatic carbocycles. The van der Waals surface area contributed by atoms with Crippen LogP contribution in [-0.4, -0.2) is 43.1 Å². The average molecular weight is 315 g/mol. The van der Waals surface area contributed by atoms with Crippen LogP contribution in [-0.2, 0) is 11.3 Å². The van der Waals surface area contributed by atoms with Gasteiger partial charge in [-0.3, -0.25) is 4.79 Å². The predicted molar refractivity (Wildman–Crippen MR) is 84.1 cm³/mol. The van der Waals surface area contributed by atoms with E-state index in [1.54, 1.807) is 13.3 Å². The Balaban J connectivity index is 1.88. The van der Waals surface area contributed by atoms with E-state index in [0.29, 0.717) is 36.3 Å². The smallest absolute Gasteiger partial charge is 0.291 e. The molecule has 118 valence electrons. The van der Waals surface area contributed by atoms with Gasteiger partial charge in [-0.15, -0.1) is 0 Å². The van der Waals surface area contributed by atoms with Crippen LogP contribution in [0.2, 0.25) is 5.02 Å². The number of aromatic nitrogens is 2. The van der Waals surface area contributed by atoms with Crippen LogP contribution in [0.5, 0.6) is 0 Å². The van der Waals surface area contributed by atoms with E-state index >= 15 is 0 Å². The van der Waals surface area contributed by atoms with Crippen molar-refractivity contribution in [1.29, 1.82) is 0 Å². The highest BCUT2D eigenvalue weighted by molar-refractivity contribution is 6.32. The molecule has 1 aromatic heterocycles. The SMILES string of the molecule is COCCNCCNc1c(Cl)cnn(CC2CCC2)c1=O. The predicted octanol–water partition coefficient (Wildman–Crippen LogP) is 1.34. The van der Waals surface area contributed by atoms with Crippen molar-refractivity contribution < 1.29 is 4.74 Å². The zero-order valence-electron chi connectivity index (χ0n) is 12.4. The van der Waals surface area contributed by atoms with Gasteiger partial charge in [0.1, 0.15) is 5.69 Å². The van der Waals surface area contributed by atoms with Gasteiger partial charge >= 0.3 is 0 Å². The number of nitrogens with zero attached hydrogens (tertiary/aromatic N) is 2. The fourth-order valence-electron chi connectivity index (χ4n) is 2.25. The molecule has 0 radical (unpaired) electrons. The van der Waals surface area contributed by atoms with Gasteiger partial charge in [0.15, 0.2) is 0 Å². The summed E-state index contributed by atoms with van der Waals surface area (Å²) in [7, 11) is 1.67. The molecule has 0 aromatic carbocycles. The Kier molecular flexibility index (Phi) is 6.48. The van der Waals surface area contributed by atoms with Crippen LogP contribution in [0, 0.1) is 5.92 Å². The van der Waals surface area contributed by atoms with Crippen molar-refractivity contribution in [1.82, 2.24) is 15.1 Å². The van der Waals surface area contributed by atoms with E-state index in [1.807, 2.05) is 0 Å². The van der Waals surface area contributed by atoms with E-state index in [0.717, 1.165) is 13.1 Å². The lowest BCUT2D eigenvalue weighted by molar-refractivity contribution is 0.200. The first-order valence-corrected chi connectivity index (χ1v) is 7.79. The molecule has 1 heterocycles. The van der Waals surface area contributed by atoms with Gasteiger partial charge in [0.2, 0.25) is 0 Å². The van der Waals surface area contributed by atoms with E-state index in [-0.39, 0.29) is 5.56 Å². The summed E-state index contributed by atoms with van der Waals surface area (Å²) >= 11 is 6.07. The van der Waals surface area contributed by atoms with Crippen molar-refractivity contribution in [3.05, 3.63) is 21.6 Å². The Morgan fingerprint density at radius 3 is 2.90 bits per heavy atom. The number of ether oxygens (including phenoxy) is 1. The molecule has 0 spiro atoms. The topological polar surface area (TPSA) is 68.2 Å². The van der Waals surface area contributed by atoms with Gasteiger partial charge in [0.05, 0.1) is 17.8 Å². The maximum atomic E-state index is 12.3. The maximum absolute atomic E-state index is 12.3. The molecule has 0 aliphatic heterocycles. The van der Waals surface area contributed by atoms with E-state index in [1.165, 1.54) is 23.9 Å². The summed E-state index contributed by atoms with van der Waals surface area (Å²) in [5.74, 6) is 0.583. The molecular weight excluding hydrogens is 292 g/mol. The molecular formula is C14H23ClN4O2. The molecule has 1 fully saturated rings. The number of hydrogen-bond donors (Lipinski definition) is 2. The molecule has 2 rings (SSSR count). The van der Waals surface area contributed by atoms with Gasteiger partial charge in [-0.25, -0.2) is 4.68 Å². The van der Waals surface area contributed by atoms with Crippen molar-refractivity contribution >= 4 is 17.3 Å². The van der Waals surface area contributed by atoms with E-state index in [2.05, 4.69) is 15.7 Å². The second-order valence-corrected chi connectivity index (χ2v) is 5.73. The minimum absolute atomic E-state index is 0.133.